The van der Waals surface area contributed by atoms with Crippen LogP contribution in [0, 0.1) is 0 Å². The number of likely N-dealkylation sites (tertiary alicyclic amines) is 1. The third-order valence-electron chi connectivity index (χ3n) is 7.04. The lowest BCUT2D eigenvalue weighted by Gasteiger charge is -2.47. The fourth-order valence-electron chi connectivity index (χ4n) is 5.16. The maximum Gasteiger partial charge on any atom is 0.233 e. The third kappa shape index (κ3) is 3.21. The Morgan fingerprint density at radius 2 is 1.90 bits per heavy atom. The Bertz CT molecular complexity index is 889. The summed E-state index contributed by atoms with van der Waals surface area (Å²) in [5.41, 5.74) is -0.676. The Labute approximate surface area is 179 Å². The Morgan fingerprint density at radius 3 is 2.48 bits per heavy atom. The molecule has 1 N–H and O–H groups in total. The van der Waals surface area contributed by atoms with Gasteiger partial charge in [-0.2, -0.15) is 0 Å². The van der Waals surface area contributed by atoms with Crippen molar-refractivity contribution >= 4 is 28.8 Å². The number of ether oxygens (including phenoxy) is 1. The Hall–Kier alpha value is -1.47. The molecule has 5 rings (SSSR count). The summed E-state index contributed by atoms with van der Waals surface area (Å²) in [4.78, 5) is 19.8. The van der Waals surface area contributed by atoms with Crippen molar-refractivity contribution < 1.29 is 14.6 Å². The van der Waals surface area contributed by atoms with Gasteiger partial charge >= 0.3 is 0 Å². The summed E-state index contributed by atoms with van der Waals surface area (Å²) in [7, 11) is 0. The van der Waals surface area contributed by atoms with Gasteiger partial charge in [-0.15, -0.1) is 11.3 Å². The number of thiazole rings is 1. The van der Waals surface area contributed by atoms with Gasteiger partial charge in [0, 0.05) is 36.1 Å². The second-order valence-electron chi connectivity index (χ2n) is 8.75. The van der Waals surface area contributed by atoms with E-state index in [0.717, 1.165) is 42.7 Å². The number of aliphatic hydroxyl groups is 1. The van der Waals surface area contributed by atoms with Crippen LogP contribution in [0.4, 0.5) is 0 Å². The van der Waals surface area contributed by atoms with E-state index in [4.69, 9.17) is 16.3 Å². The maximum atomic E-state index is 13.5. The summed E-state index contributed by atoms with van der Waals surface area (Å²) >= 11 is 7.52. The highest BCUT2D eigenvalue weighted by Gasteiger charge is 2.54. The van der Waals surface area contributed by atoms with Crippen LogP contribution in [0.15, 0.2) is 35.8 Å². The second-order valence-corrected chi connectivity index (χ2v) is 10.1. The van der Waals surface area contributed by atoms with E-state index in [1.54, 1.807) is 6.20 Å². The van der Waals surface area contributed by atoms with Crippen LogP contribution < -0.4 is 0 Å². The monoisotopic (exact) mass is 432 g/mol. The quantitative estimate of drug-likeness (QED) is 0.799. The molecule has 2 aliphatic heterocycles. The zero-order chi connectivity index (χ0) is 20.1. The van der Waals surface area contributed by atoms with Crippen LogP contribution in [0.1, 0.15) is 49.1 Å². The maximum absolute atomic E-state index is 13.5. The molecule has 3 aliphatic rings. The molecular formula is C22H25ClN2O3S. The average Bonchev–Trinajstić information content (AvgIpc) is 3.33. The number of nitrogens with zero attached hydrogens (tertiary/aromatic N) is 2. The van der Waals surface area contributed by atoms with Gasteiger partial charge in [0.25, 0.3) is 0 Å². The first kappa shape index (κ1) is 19.5. The van der Waals surface area contributed by atoms with Crippen LogP contribution in [0.25, 0.3) is 0 Å². The summed E-state index contributed by atoms with van der Waals surface area (Å²) in [6, 6.07) is 7.75. The minimum absolute atomic E-state index is 0.231. The lowest BCUT2D eigenvalue weighted by molar-refractivity contribution is -0.145. The van der Waals surface area contributed by atoms with Crippen molar-refractivity contribution in [2.45, 2.75) is 55.1 Å². The Balaban J connectivity index is 1.28. The first-order valence-corrected chi connectivity index (χ1v) is 11.5. The van der Waals surface area contributed by atoms with Crippen molar-refractivity contribution in [1.29, 1.82) is 0 Å². The van der Waals surface area contributed by atoms with Gasteiger partial charge in [0.15, 0.2) is 0 Å². The van der Waals surface area contributed by atoms with Crippen molar-refractivity contribution in [3.63, 3.8) is 0 Å². The van der Waals surface area contributed by atoms with Gasteiger partial charge in [-0.1, -0.05) is 30.2 Å². The van der Waals surface area contributed by atoms with Crippen molar-refractivity contribution in [2.75, 3.05) is 19.7 Å². The van der Waals surface area contributed by atoms with Crippen LogP contribution in [-0.2, 0) is 20.5 Å². The molecule has 3 heterocycles. The van der Waals surface area contributed by atoms with E-state index < -0.39 is 11.0 Å². The van der Waals surface area contributed by atoms with E-state index in [2.05, 4.69) is 4.98 Å². The number of halogens is 1. The molecule has 7 heteroatoms. The van der Waals surface area contributed by atoms with Crippen LogP contribution >= 0.6 is 22.9 Å². The molecule has 1 spiro atoms. The van der Waals surface area contributed by atoms with E-state index >= 15 is 0 Å². The first-order chi connectivity index (χ1) is 13.9. The molecule has 1 amide bonds. The normalized spacial score (nSPS) is 27.7. The molecule has 1 aromatic heterocycles. The molecule has 1 unspecified atom stereocenters. The van der Waals surface area contributed by atoms with E-state index in [9.17, 15) is 9.90 Å². The lowest BCUT2D eigenvalue weighted by Crippen LogP contribution is -2.55. The Kier molecular flexibility index (Phi) is 4.74. The van der Waals surface area contributed by atoms with Crippen molar-refractivity contribution in [3.05, 3.63) is 51.4 Å². The molecule has 154 valence electrons. The smallest absolute Gasteiger partial charge is 0.233 e. The predicted molar refractivity (Wildman–Crippen MR) is 112 cm³/mol. The molecule has 1 aromatic carbocycles. The zero-order valence-corrected chi connectivity index (χ0v) is 17.8. The number of carbonyl (C=O) groups is 1. The summed E-state index contributed by atoms with van der Waals surface area (Å²) in [6.07, 6.45) is 6.66. The SMILES string of the molecule is O=C(N1CCC2(CC1)CC(O)(c1nccs1)CO2)C1(c2ccc(Cl)cc2)CCC1. The third-order valence-corrected chi connectivity index (χ3v) is 8.26. The number of amides is 1. The molecule has 1 saturated carbocycles. The molecule has 0 radical (unpaired) electrons. The van der Waals surface area contributed by atoms with Gasteiger partial charge in [0.2, 0.25) is 5.91 Å². The average molecular weight is 433 g/mol. The number of carbonyl (C=O) groups excluding carboxylic acids is 1. The fraction of sp³-hybridized carbons (Fsp3) is 0.545. The molecule has 29 heavy (non-hydrogen) atoms. The molecule has 3 fully saturated rings. The van der Waals surface area contributed by atoms with E-state index in [0.29, 0.717) is 24.5 Å². The lowest BCUT2D eigenvalue weighted by atomic mass is 9.63. The number of rotatable bonds is 3. The summed E-state index contributed by atoms with van der Waals surface area (Å²) < 4.78 is 6.14. The highest BCUT2D eigenvalue weighted by atomic mass is 35.5. The summed E-state index contributed by atoms with van der Waals surface area (Å²) in [5, 5.41) is 14.3. The minimum Gasteiger partial charge on any atom is -0.380 e. The number of hydrogen-bond acceptors (Lipinski definition) is 5. The molecule has 2 saturated heterocycles. The van der Waals surface area contributed by atoms with Gasteiger partial charge in [-0.25, -0.2) is 4.98 Å². The molecular weight excluding hydrogens is 408 g/mol. The van der Waals surface area contributed by atoms with E-state index in [-0.39, 0.29) is 18.1 Å². The van der Waals surface area contributed by atoms with Gasteiger partial charge in [0.1, 0.15) is 10.6 Å². The van der Waals surface area contributed by atoms with Crippen LogP contribution in [0.5, 0.6) is 0 Å². The largest absolute Gasteiger partial charge is 0.380 e. The zero-order valence-electron chi connectivity index (χ0n) is 16.3. The predicted octanol–water partition coefficient (Wildman–Crippen LogP) is 3.89. The van der Waals surface area contributed by atoms with Crippen LogP contribution in [0.3, 0.4) is 0 Å². The molecule has 1 aliphatic carbocycles. The van der Waals surface area contributed by atoms with Crippen molar-refractivity contribution in [1.82, 2.24) is 9.88 Å². The first-order valence-electron chi connectivity index (χ1n) is 10.3. The van der Waals surface area contributed by atoms with E-state index in [1.165, 1.54) is 11.3 Å². The topological polar surface area (TPSA) is 62.7 Å². The number of aromatic nitrogens is 1. The van der Waals surface area contributed by atoms with Gasteiger partial charge < -0.3 is 14.7 Å². The highest BCUT2D eigenvalue weighted by Crippen LogP contribution is 2.48. The molecule has 2 aromatic rings. The highest BCUT2D eigenvalue weighted by molar-refractivity contribution is 7.09. The van der Waals surface area contributed by atoms with Gasteiger partial charge in [0.05, 0.1) is 17.6 Å². The number of benzene rings is 1. The van der Waals surface area contributed by atoms with Crippen LogP contribution in [0.2, 0.25) is 5.02 Å². The van der Waals surface area contributed by atoms with Crippen molar-refractivity contribution in [3.8, 4) is 0 Å². The van der Waals surface area contributed by atoms with Gasteiger partial charge in [-0.3, -0.25) is 4.79 Å². The standard InChI is InChI=1S/C22H25ClN2O3S/c23-17-4-2-16(3-5-17)21(6-1-7-21)19(26)25-11-8-20(9-12-25)14-22(27,15-28-20)18-24-10-13-29-18/h2-5,10,13,27H,1,6-9,11-12,14-15H2. The molecule has 0 bridgehead atoms. The number of hydrogen-bond donors (Lipinski definition) is 1. The minimum atomic E-state index is -1.00. The number of piperidine rings is 1. The van der Waals surface area contributed by atoms with E-state index in [1.807, 2.05) is 34.5 Å². The summed E-state index contributed by atoms with van der Waals surface area (Å²) in [5.74, 6) is 0.231. The Morgan fingerprint density at radius 1 is 1.17 bits per heavy atom. The fourth-order valence-corrected chi connectivity index (χ4v) is 6.01. The second kappa shape index (κ2) is 7.05. The molecule has 1 atom stereocenters. The van der Waals surface area contributed by atoms with Crippen molar-refractivity contribution in [2.24, 2.45) is 0 Å². The summed E-state index contributed by atoms with van der Waals surface area (Å²) in [6.45, 7) is 1.62. The molecule has 5 nitrogen and oxygen atoms in total. The van der Waals surface area contributed by atoms with Crippen LogP contribution in [-0.4, -0.2) is 46.2 Å². The van der Waals surface area contributed by atoms with Gasteiger partial charge in [-0.05, 0) is 43.4 Å².